The van der Waals surface area contributed by atoms with Gasteiger partial charge in [0.1, 0.15) is 5.75 Å². The summed E-state index contributed by atoms with van der Waals surface area (Å²) in [6.45, 7) is 0.341. The molecule has 0 N–H and O–H groups in total. The molecule has 0 radical (unpaired) electrons. The Kier molecular flexibility index (Phi) is 2.79. The first-order chi connectivity index (χ1) is 10.2. The number of hydrogen-bond donors (Lipinski definition) is 0. The van der Waals surface area contributed by atoms with Gasteiger partial charge in [0, 0.05) is 0 Å². The molecule has 110 valence electrons. The van der Waals surface area contributed by atoms with Gasteiger partial charge in [0.05, 0.1) is 37.7 Å². The van der Waals surface area contributed by atoms with E-state index < -0.39 is 0 Å². The van der Waals surface area contributed by atoms with Crippen LogP contribution in [0.25, 0.3) is 0 Å². The van der Waals surface area contributed by atoms with Crippen LogP contribution < -0.4 is 4.74 Å². The number of amides is 2. The molecule has 2 unspecified atom stereocenters. The molecular formula is C16H17NO4. The quantitative estimate of drug-likeness (QED) is 0.788. The number of rotatable bonds is 3. The number of ether oxygens (including phenoxy) is 2. The highest BCUT2D eigenvalue weighted by molar-refractivity contribution is 6.06. The topological polar surface area (TPSA) is 55.8 Å². The molecule has 3 aliphatic heterocycles. The first kappa shape index (κ1) is 12.8. The van der Waals surface area contributed by atoms with E-state index in [9.17, 15) is 9.59 Å². The average molecular weight is 287 g/mol. The van der Waals surface area contributed by atoms with Gasteiger partial charge in [-0.3, -0.25) is 14.5 Å². The minimum absolute atomic E-state index is 0.0442. The smallest absolute Gasteiger partial charge is 0.236 e. The number of benzene rings is 1. The number of hydrogen-bond acceptors (Lipinski definition) is 4. The van der Waals surface area contributed by atoms with E-state index in [1.165, 1.54) is 4.90 Å². The van der Waals surface area contributed by atoms with Crippen molar-refractivity contribution in [3.8, 4) is 5.75 Å². The molecule has 3 fully saturated rings. The highest BCUT2D eigenvalue weighted by atomic mass is 16.5. The predicted octanol–water partition coefficient (Wildman–Crippen LogP) is 1.36. The number of carbonyl (C=O) groups excluding carboxylic acids is 2. The van der Waals surface area contributed by atoms with Gasteiger partial charge in [-0.2, -0.15) is 0 Å². The van der Waals surface area contributed by atoms with Gasteiger partial charge < -0.3 is 9.47 Å². The van der Waals surface area contributed by atoms with E-state index in [1.807, 2.05) is 24.3 Å². The maximum Gasteiger partial charge on any atom is 0.236 e. The van der Waals surface area contributed by atoms with Crippen LogP contribution in [0, 0.1) is 11.8 Å². The molecule has 0 aromatic heterocycles. The third-order valence-electron chi connectivity index (χ3n) is 4.88. The number of nitrogens with zero attached hydrogens (tertiary/aromatic N) is 1. The van der Waals surface area contributed by atoms with Crippen LogP contribution in [0.2, 0.25) is 0 Å². The zero-order chi connectivity index (χ0) is 14.6. The summed E-state index contributed by atoms with van der Waals surface area (Å²) in [6, 6.07) is 7.46. The number of imide groups is 1. The summed E-state index contributed by atoms with van der Waals surface area (Å²) in [5.74, 6) is 0.158. The Balaban J connectivity index is 1.55. The molecule has 1 aromatic carbocycles. The Hall–Kier alpha value is -1.88. The lowest BCUT2D eigenvalue weighted by atomic mass is 9.81. The predicted molar refractivity (Wildman–Crippen MR) is 73.4 cm³/mol. The number of likely N-dealkylation sites (tertiary alicyclic amines) is 1. The van der Waals surface area contributed by atoms with E-state index in [2.05, 4.69) is 0 Å². The third kappa shape index (κ3) is 1.80. The van der Waals surface area contributed by atoms with Gasteiger partial charge >= 0.3 is 0 Å². The minimum Gasteiger partial charge on any atom is -0.497 e. The molecule has 21 heavy (non-hydrogen) atoms. The van der Waals surface area contributed by atoms with Crippen LogP contribution in [-0.4, -0.2) is 36.0 Å². The van der Waals surface area contributed by atoms with E-state index in [-0.39, 0.29) is 35.9 Å². The fourth-order valence-electron chi connectivity index (χ4n) is 3.84. The Labute approximate surface area is 122 Å². The van der Waals surface area contributed by atoms with Crippen molar-refractivity contribution in [1.82, 2.24) is 4.90 Å². The summed E-state index contributed by atoms with van der Waals surface area (Å²) < 4.78 is 10.8. The molecule has 4 atom stereocenters. The number of carbonyl (C=O) groups is 2. The van der Waals surface area contributed by atoms with Gasteiger partial charge in [-0.05, 0) is 30.5 Å². The van der Waals surface area contributed by atoms with E-state index >= 15 is 0 Å². The van der Waals surface area contributed by atoms with E-state index in [4.69, 9.17) is 9.47 Å². The largest absolute Gasteiger partial charge is 0.497 e. The van der Waals surface area contributed by atoms with Crippen molar-refractivity contribution < 1.29 is 19.1 Å². The molecular weight excluding hydrogens is 270 g/mol. The first-order valence-corrected chi connectivity index (χ1v) is 7.32. The molecule has 1 aromatic rings. The highest BCUT2D eigenvalue weighted by Gasteiger charge is 2.62. The van der Waals surface area contributed by atoms with Crippen molar-refractivity contribution >= 4 is 11.8 Å². The lowest BCUT2D eigenvalue weighted by Crippen LogP contribution is -2.33. The van der Waals surface area contributed by atoms with Crippen LogP contribution >= 0.6 is 0 Å². The van der Waals surface area contributed by atoms with Crippen LogP contribution in [0.5, 0.6) is 5.75 Å². The minimum atomic E-state index is -0.241. The summed E-state index contributed by atoms with van der Waals surface area (Å²) in [7, 11) is 1.61. The fraction of sp³-hybridized carbons (Fsp3) is 0.500. The lowest BCUT2D eigenvalue weighted by molar-refractivity contribution is -0.143. The molecule has 2 amide bonds. The van der Waals surface area contributed by atoms with Gasteiger partial charge in [0.25, 0.3) is 0 Å². The molecule has 0 saturated carbocycles. The molecule has 5 nitrogen and oxygen atoms in total. The van der Waals surface area contributed by atoms with Crippen molar-refractivity contribution in [3.63, 3.8) is 0 Å². The van der Waals surface area contributed by atoms with Crippen LogP contribution in [0.3, 0.4) is 0 Å². The zero-order valence-electron chi connectivity index (χ0n) is 11.8. The van der Waals surface area contributed by atoms with Crippen molar-refractivity contribution in [2.24, 2.45) is 11.8 Å². The summed E-state index contributed by atoms with van der Waals surface area (Å²) in [6.07, 6.45) is 1.72. The Morgan fingerprint density at radius 1 is 1.10 bits per heavy atom. The van der Waals surface area contributed by atoms with Crippen molar-refractivity contribution in [3.05, 3.63) is 29.8 Å². The van der Waals surface area contributed by atoms with Crippen LogP contribution in [0.15, 0.2) is 24.3 Å². The third-order valence-corrected chi connectivity index (χ3v) is 4.88. The number of methoxy groups -OCH3 is 1. The van der Waals surface area contributed by atoms with E-state index in [0.717, 1.165) is 24.2 Å². The van der Waals surface area contributed by atoms with Gasteiger partial charge in [0.15, 0.2) is 0 Å². The zero-order valence-corrected chi connectivity index (χ0v) is 11.8. The van der Waals surface area contributed by atoms with Gasteiger partial charge in [-0.1, -0.05) is 12.1 Å². The maximum absolute atomic E-state index is 12.5. The Morgan fingerprint density at radius 2 is 1.67 bits per heavy atom. The maximum atomic E-state index is 12.5. The van der Waals surface area contributed by atoms with Gasteiger partial charge in [-0.25, -0.2) is 0 Å². The summed E-state index contributed by atoms with van der Waals surface area (Å²) in [5, 5.41) is 0. The summed E-state index contributed by atoms with van der Waals surface area (Å²) >= 11 is 0. The monoisotopic (exact) mass is 287 g/mol. The Bertz CT molecular complexity index is 569. The van der Waals surface area contributed by atoms with Crippen LogP contribution in [0.1, 0.15) is 18.4 Å². The molecule has 3 saturated heterocycles. The van der Waals surface area contributed by atoms with E-state index in [1.54, 1.807) is 7.11 Å². The van der Waals surface area contributed by atoms with Crippen LogP contribution in [0.4, 0.5) is 0 Å². The average Bonchev–Trinajstić information content (AvgIpc) is 3.18. The normalized spacial score (nSPS) is 33.7. The van der Waals surface area contributed by atoms with Crippen molar-refractivity contribution in [2.75, 3.05) is 7.11 Å². The molecule has 0 spiro atoms. The second-order valence-electron chi connectivity index (χ2n) is 5.95. The molecule has 3 heterocycles. The standard InChI is InChI=1S/C16H17NO4/c1-20-10-4-2-9(3-5-10)8-17-15(18)13-11-6-7-12(21-11)14(13)16(17)19/h2-5,11-14H,6-8H2,1H3/t11-,12-,13?,14?/m1/s1. The van der Waals surface area contributed by atoms with Gasteiger partial charge in [0.2, 0.25) is 11.8 Å². The van der Waals surface area contributed by atoms with E-state index in [0.29, 0.717) is 6.54 Å². The van der Waals surface area contributed by atoms with Crippen molar-refractivity contribution in [1.29, 1.82) is 0 Å². The lowest BCUT2D eigenvalue weighted by Gasteiger charge is -2.17. The molecule has 4 rings (SSSR count). The Morgan fingerprint density at radius 3 is 2.19 bits per heavy atom. The second kappa shape index (κ2) is 4.56. The first-order valence-electron chi connectivity index (χ1n) is 7.32. The highest BCUT2D eigenvalue weighted by Crippen LogP contribution is 2.48. The molecule has 5 heteroatoms. The molecule has 2 bridgehead atoms. The summed E-state index contributed by atoms with van der Waals surface area (Å²) in [4.78, 5) is 26.4. The fourth-order valence-corrected chi connectivity index (χ4v) is 3.84. The molecule has 3 aliphatic rings. The van der Waals surface area contributed by atoms with Crippen LogP contribution in [-0.2, 0) is 20.9 Å². The number of fused-ring (bicyclic) bond motifs is 5. The molecule has 0 aliphatic carbocycles. The SMILES string of the molecule is COc1ccc(CN2C(=O)C3C(C2=O)[C@H]2CC[C@H]3O2)cc1. The summed E-state index contributed by atoms with van der Waals surface area (Å²) in [5.41, 5.74) is 0.936. The van der Waals surface area contributed by atoms with Gasteiger partial charge in [-0.15, -0.1) is 0 Å². The van der Waals surface area contributed by atoms with Crippen molar-refractivity contribution in [2.45, 2.75) is 31.6 Å². The second-order valence-corrected chi connectivity index (χ2v) is 5.95.